The quantitative estimate of drug-likeness (QED) is 0.894. The number of aromatic nitrogens is 1. The molecule has 2 aromatic rings. The van der Waals surface area contributed by atoms with Crippen LogP contribution in [0.4, 0.5) is 0 Å². The molecular formula is C18H20N2O3. The molecule has 1 amide bonds. The van der Waals surface area contributed by atoms with Crippen molar-refractivity contribution in [3.63, 3.8) is 0 Å². The van der Waals surface area contributed by atoms with Crippen molar-refractivity contribution in [1.82, 2.24) is 4.57 Å². The number of carbonyl (C=O) groups excluding carboxylic acids is 2. The first-order valence-electron chi connectivity index (χ1n) is 7.57. The fourth-order valence-corrected chi connectivity index (χ4v) is 3.35. The van der Waals surface area contributed by atoms with E-state index in [9.17, 15) is 14.7 Å². The predicted octanol–water partition coefficient (Wildman–Crippen LogP) is 2.75. The molecule has 0 saturated carbocycles. The standard InChI is InChI=1S/C18H20N2O3/c1-10-6-12-14(8-18(2,3)9-16(12)22)20(10)13-5-4-11(17(19)23)7-15(13)21/h4-7,21H,8-9H2,1-3H3,(H2,19,23). The number of amides is 1. The number of hydrogen-bond acceptors (Lipinski definition) is 3. The third kappa shape index (κ3) is 2.52. The zero-order chi connectivity index (χ0) is 16.9. The van der Waals surface area contributed by atoms with Crippen molar-refractivity contribution in [2.24, 2.45) is 11.1 Å². The third-order valence-corrected chi connectivity index (χ3v) is 4.37. The van der Waals surface area contributed by atoms with E-state index in [0.29, 0.717) is 12.1 Å². The lowest BCUT2D eigenvalue weighted by Crippen LogP contribution is -2.27. The molecule has 0 aliphatic heterocycles. The van der Waals surface area contributed by atoms with Crippen LogP contribution >= 0.6 is 0 Å². The number of hydrogen-bond donors (Lipinski definition) is 2. The fraction of sp³-hybridized carbons (Fsp3) is 0.333. The van der Waals surface area contributed by atoms with Crippen LogP contribution in [0.2, 0.25) is 0 Å². The highest BCUT2D eigenvalue weighted by atomic mass is 16.3. The van der Waals surface area contributed by atoms with Crippen molar-refractivity contribution in [3.05, 3.63) is 46.8 Å². The van der Waals surface area contributed by atoms with E-state index in [2.05, 4.69) is 13.8 Å². The van der Waals surface area contributed by atoms with Gasteiger partial charge in [-0.25, -0.2) is 0 Å². The maximum atomic E-state index is 12.4. The van der Waals surface area contributed by atoms with Gasteiger partial charge in [0, 0.05) is 28.9 Å². The number of aromatic hydroxyl groups is 1. The highest BCUT2D eigenvalue weighted by molar-refractivity contribution is 5.99. The topological polar surface area (TPSA) is 85.3 Å². The molecule has 3 N–H and O–H groups in total. The number of benzene rings is 1. The fourth-order valence-electron chi connectivity index (χ4n) is 3.35. The number of fused-ring (bicyclic) bond motifs is 1. The highest BCUT2D eigenvalue weighted by Crippen LogP contribution is 2.38. The van der Waals surface area contributed by atoms with E-state index in [0.717, 1.165) is 23.4 Å². The van der Waals surface area contributed by atoms with Crippen LogP contribution in [0.15, 0.2) is 24.3 Å². The van der Waals surface area contributed by atoms with Crippen LogP contribution in [-0.2, 0) is 6.42 Å². The lowest BCUT2D eigenvalue weighted by molar-refractivity contribution is 0.0910. The number of Topliss-reactive ketones (excluding diaryl/α,β-unsaturated/α-hetero) is 1. The molecule has 0 spiro atoms. The third-order valence-electron chi connectivity index (χ3n) is 4.37. The zero-order valence-electron chi connectivity index (χ0n) is 13.5. The molecule has 1 aromatic carbocycles. The molecule has 120 valence electrons. The predicted molar refractivity (Wildman–Crippen MR) is 87.1 cm³/mol. The molecule has 0 bridgehead atoms. The number of phenols is 1. The molecule has 1 aliphatic rings. The summed E-state index contributed by atoms with van der Waals surface area (Å²) in [5, 5.41) is 10.3. The number of rotatable bonds is 2. The van der Waals surface area contributed by atoms with Crippen molar-refractivity contribution < 1.29 is 14.7 Å². The lowest BCUT2D eigenvalue weighted by Gasteiger charge is -2.30. The molecule has 3 rings (SSSR count). The average molecular weight is 312 g/mol. The van der Waals surface area contributed by atoms with Crippen LogP contribution in [0, 0.1) is 12.3 Å². The van der Waals surface area contributed by atoms with Crippen LogP contribution < -0.4 is 5.73 Å². The first kappa shape index (κ1) is 15.3. The molecule has 0 unspecified atom stereocenters. The SMILES string of the molecule is Cc1cc2c(n1-c1ccc(C(N)=O)cc1O)CC(C)(C)CC2=O. The molecular weight excluding hydrogens is 292 g/mol. The van der Waals surface area contributed by atoms with Gasteiger partial charge in [0.25, 0.3) is 0 Å². The Morgan fingerprint density at radius 1 is 1.26 bits per heavy atom. The molecule has 1 aliphatic carbocycles. The second-order valence-corrected chi connectivity index (χ2v) is 6.99. The smallest absolute Gasteiger partial charge is 0.248 e. The second-order valence-electron chi connectivity index (χ2n) is 6.99. The van der Waals surface area contributed by atoms with Gasteiger partial charge in [-0.1, -0.05) is 13.8 Å². The van der Waals surface area contributed by atoms with Gasteiger partial charge in [0.15, 0.2) is 5.78 Å². The Morgan fingerprint density at radius 3 is 2.57 bits per heavy atom. The van der Waals surface area contributed by atoms with Gasteiger partial charge in [0.2, 0.25) is 5.91 Å². The average Bonchev–Trinajstić information content (AvgIpc) is 2.74. The van der Waals surface area contributed by atoms with Crippen LogP contribution in [0.5, 0.6) is 5.75 Å². The monoisotopic (exact) mass is 312 g/mol. The molecule has 0 atom stereocenters. The van der Waals surface area contributed by atoms with Crippen molar-refractivity contribution in [2.45, 2.75) is 33.6 Å². The van der Waals surface area contributed by atoms with Crippen LogP contribution in [0.25, 0.3) is 5.69 Å². The van der Waals surface area contributed by atoms with Gasteiger partial charge in [-0.2, -0.15) is 0 Å². The molecule has 0 fully saturated rings. The van der Waals surface area contributed by atoms with Gasteiger partial charge >= 0.3 is 0 Å². The van der Waals surface area contributed by atoms with Gasteiger partial charge in [0.05, 0.1) is 5.69 Å². The number of carbonyl (C=O) groups is 2. The molecule has 23 heavy (non-hydrogen) atoms. The first-order chi connectivity index (χ1) is 10.7. The minimum absolute atomic E-state index is 0.0290. The van der Waals surface area contributed by atoms with Crippen LogP contribution in [-0.4, -0.2) is 21.4 Å². The molecule has 5 heteroatoms. The summed E-state index contributed by atoms with van der Waals surface area (Å²) in [6.45, 7) is 6.03. The van der Waals surface area contributed by atoms with E-state index >= 15 is 0 Å². The highest BCUT2D eigenvalue weighted by Gasteiger charge is 2.34. The molecule has 1 heterocycles. The molecule has 1 aromatic heterocycles. The van der Waals surface area contributed by atoms with Crippen molar-refractivity contribution in [3.8, 4) is 11.4 Å². The summed E-state index contributed by atoms with van der Waals surface area (Å²) < 4.78 is 1.90. The molecule has 0 radical (unpaired) electrons. The number of nitrogens with zero attached hydrogens (tertiary/aromatic N) is 1. The Bertz CT molecular complexity index is 831. The maximum absolute atomic E-state index is 12.4. The zero-order valence-corrected chi connectivity index (χ0v) is 13.5. The number of phenolic OH excluding ortho intramolecular Hbond substituents is 1. The largest absolute Gasteiger partial charge is 0.506 e. The molecule has 0 saturated heterocycles. The van der Waals surface area contributed by atoms with Gasteiger partial charge in [0.1, 0.15) is 5.75 Å². The van der Waals surface area contributed by atoms with Gasteiger partial charge in [-0.05, 0) is 43.0 Å². The summed E-state index contributed by atoms with van der Waals surface area (Å²) in [7, 11) is 0. The van der Waals surface area contributed by atoms with Crippen molar-refractivity contribution in [1.29, 1.82) is 0 Å². The minimum Gasteiger partial charge on any atom is -0.506 e. The van der Waals surface area contributed by atoms with Gasteiger partial charge in [-0.15, -0.1) is 0 Å². The summed E-state index contributed by atoms with van der Waals surface area (Å²) >= 11 is 0. The first-order valence-corrected chi connectivity index (χ1v) is 7.57. The Hall–Kier alpha value is -2.56. The molecule has 5 nitrogen and oxygen atoms in total. The number of primary amides is 1. The van der Waals surface area contributed by atoms with Crippen molar-refractivity contribution >= 4 is 11.7 Å². The summed E-state index contributed by atoms with van der Waals surface area (Å²) in [5.41, 5.74) is 8.44. The Kier molecular flexibility index (Phi) is 3.32. The Balaban J connectivity index is 2.19. The van der Waals surface area contributed by atoms with Gasteiger partial charge in [-0.3, -0.25) is 9.59 Å². The number of aryl methyl sites for hydroxylation is 1. The summed E-state index contributed by atoms with van der Waals surface area (Å²) in [4.78, 5) is 23.6. The maximum Gasteiger partial charge on any atom is 0.248 e. The Morgan fingerprint density at radius 2 is 1.96 bits per heavy atom. The minimum atomic E-state index is -0.589. The van der Waals surface area contributed by atoms with Crippen LogP contribution in [0.1, 0.15) is 52.4 Å². The van der Waals surface area contributed by atoms with E-state index in [-0.39, 0.29) is 22.5 Å². The van der Waals surface area contributed by atoms with Gasteiger partial charge < -0.3 is 15.4 Å². The van der Waals surface area contributed by atoms with E-state index in [1.54, 1.807) is 12.1 Å². The normalized spacial score (nSPS) is 16.2. The summed E-state index contributed by atoms with van der Waals surface area (Å²) in [6, 6.07) is 6.47. The van der Waals surface area contributed by atoms with E-state index in [1.807, 2.05) is 17.6 Å². The van der Waals surface area contributed by atoms with Crippen LogP contribution in [0.3, 0.4) is 0 Å². The number of ketones is 1. The van der Waals surface area contributed by atoms with Crippen molar-refractivity contribution in [2.75, 3.05) is 0 Å². The second kappa shape index (κ2) is 4.98. The summed E-state index contributed by atoms with van der Waals surface area (Å²) in [5.74, 6) is -0.487. The number of nitrogens with two attached hydrogens (primary N) is 1. The summed E-state index contributed by atoms with van der Waals surface area (Å²) in [6.07, 6.45) is 1.27. The van der Waals surface area contributed by atoms with E-state index in [4.69, 9.17) is 5.73 Å². The lowest BCUT2D eigenvalue weighted by atomic mass is 9.76. The van der Waals surface area contributed by atoms with E-state index in [1.165, 1.54) is 6.07 Å². The Labute approximate surface area is 134 Å². The van der Waals surface area contributed by atoms with E-state index < -0.39 is 5.91 Å².